The van der Waals surface area contributed by atoms with Gasteiger partial charge in [-0.3, -0.25) is 4.79 Å². The zero-order chi connectivity index (χ0) is 20.2. The standard InChI is InChI=1S/C23H28N4O2/c1-3-6-22(28)26-13-10-18(11-14-26)27-21(25-20-9-5-12-24-23(20)27)16-17-7-4-8-19(15-17)29-2/h4-5,7-9,12,15,18H,3,6,10-11,13-14,16H2,1-2H3. The molecule has 0 bridgehead atoms. The van der Waals surface area contributed by atoms with Gasteiger partial charge < -0.3 is 14.2 Å². The summed E-state index contributed by atoms with van der Waals surface area (Å²) in [5.74, 6) is 2.15. The minimum atomic E-state index is 0.274. The molecule has 1 saturated heterocycles. The first-order valence-electron chi connectivity index (χ1n) is 10.4. The lowest BCUT2D eigenvalue weighted by molar-refractivity contribution is -0.132. The van der Waals surface area contributed by atoms with E-state index < -0.39 is 0 Å². The van der Waals surface area contributed by atoms with Crippen molar-refractivity contribution in [2.75, 3.05) is 20.2 Å². The van der Waals surface area contributed by atoms with Crippen LogP contribution in [0.3, 0.4) is 0 Å². The van der Waals surface area contributed by atoms with Crippen molar-refractivity contribution in [3.63, 3.8) is 0 Å². The van der Waals surface area contributed by atoms with Crippen LogP contribution in [0.1, 0.15) is 50.0 Å². The van der Waals surface area contributed by atoms with Gasteiger partial charge in [0.1, 0.15) is 17.1 Å². The minimum absolute atomic E-state index is 0.274. The molecule has 0 radical (unpaired) electrons. The number of hydrogen-bond acceptors (Lipinski definition) is 4. The van der Waals surface area contributed by atoms with E-state index in [4.69, 9.17) is 9.72 Å². The molecule has 6 heteroatoms. The van der Waals surface area contributed by atoms with E-state index in [0.717, 1.165) is 67.1 Å². The lowest BCUT2D eigenvalue weighted by Gasteiger charge is -2.33. The fourth-order valence-electron chi connectivity index (χ4n) is 4.20. The van der Waals surface area contributed by atoms with Crippen molar-refractivity contribution in [2.45, 2.75) is 45.1 Å². The third-order valence-corrected chi connectivity index (χ3v) is 5.66. The van der Waals surface area contributed by atoms with Gasteiger partial charge in [0.25, 0.3) is 0 Å². The van der Waals surface area contributed by atoms with Crippen LogP contribution in [-0.4, -0.2) is 45.5 Å². The van der Waals surface area contributed by atoms with Crippen LogP contribution in [0.4, 0.5) is 0 Å². The number of pyridine rings is 1. The summed E-state index contributed by atoms with van der Waals surface area (Å²) in [6, 6.07) is 12.4. The highest BCUT2D eigenvalue weighted by atomic mass is 16.5. The van der Waals surface area contributed by atoms with Crippen molar-refractivity contribution in [2.24, 2.45) is 0 Å². The second-order valence-corrected chi connectivity index (χ2v) is 7.63. The Balaban J connectivity index is 1.61. The first-order valence-corrected chi connectivity index (χ1v) is 10.4. The van der Waals surface area contributed by atoms with E-state index in [9.17, 15) is 4.79 Å². The van der Waals surface area contributed by atoms with Crippen molar-refractivity contribution in [1.82, 2.24) is 19.4 Å². The summed E-state index contributed by atoms with van der Waals surface area (Å²) in [6.07, 6.45) is 5.96. The first kappa shape index (κ1) is 19.4. The number of nitrogens with zero attached hydrogens (tertiary/aromatic N) is 4. The van der Waals surface area contributed by atoms with E-state index in [1.165, 1.54) is 0 Å². The van der Waals surface area contributed by atoms with Crippen LogP contribution in [0.15, 0.2) is 42.6 Å². The molecule has 3 heterocycles. The number of methoxy groups -OCH3 is 1. The van der Waals surface area contributed by atoms with Crippen molar-refractivity contribution in [1.29, 1.82) is 0 Å². The molecule has 0 saturated carbocycles. The molecule has 0 aliphatic carbocycles. The molecule has 2 aromatic heterocycles. The van der Waals surface area contributed by atoms with Gasteiger partial charge in [-0.1, -0.05) is 19.1 Å². The number of carbonyl (C=O) groups excluding carboxylic acids is 1. The number of piperidine rings is 1. The maximum atomic E-state index is 12.3. The van der Waals surface area contributed by atoms with Crippen LogP contribution in [0, 0.1) is 0 Å². The van der Waals surface area contributed by atoms with E-state index >= 15 is 0 Å². The summed E-state index contributed by atoms with van der Waals surface area (Å²) in [6.45, 7) is 3.65. The smallest absolute Gasteiger partial charge is 0.222 e. The number of aromatic nitrogens is 3. The summed E-state index contributed by atoms with van der Waals surface area (Å²) in [5, 5.41) is 0. The summed E-state index contributed by atoms with van der Waals surface area (Å²) < 4.78 is 7.68. The van der Waals surface area contributed by atoms with Gasteiger partial charge in [-0.05, 0) is 49.1 Å². The van der Waals surface area contributed by atoms with Gasteiger partial charge in [0, 0.05) is 38.2 Å². The van der Waals surface area contributed by atoms with Crippen LogP contribution in [0.25, 0.3) is 11.2 Å². The molecular formula is C23H28N4O2. The van der Waals surface area contributed by atoms with Gasteiger partial charge in [0.2, 0.25) is 5.91 Å². The number of imidazole rings is 1. The maximum Gasteiger partial charge on any atom is 0.222 e. The molecular weight excluding hydrogens is 364 g/mol. The van der Waals surface area contributed by atoms with Crippen molar-refractivity contribution >= 4 is 17.1 Å². The fourth-order valence-corrected chi connectivity index (χ4v) is 4.20. The van der Waals surface area contributed by atoms with Gasteiger partial charge in [-0.15, -0.1) is 0 Å². The molecule has 0 unspecified atom stereocenters. The Morgan fingerprint density at radius 1 is 1.21 bits per heavy atom. The number of benzene rings is 1. The quantitative estimate of drug-likeness (QED) is 0.636. The number of amides is 1. The molecule has 4 rings (SSSR count). The highest BCUT2D eigenvalue weighted by Crippen LogP contribution is 2.29. The van der Waals surface area contributed by atoms with E-state index in [1.807, 2.05) is 35.4 Å². The largest absolute Gasteiger partial charge is 0.497 e. The third-order valence-electron chi connectivity index (χ3n) is 5.66. The second kappa shape index (κ2) is 8.64. The molecule has 29 heavy (non-hydrogen) atoms. The summed E-state index contributed by atoms with van der Waals surface area (Å²) in [4.78, 5) is 23.8. The maximum absolute atomic E-state index is 12.3. The lowest BCUT2D eigenvalue weighted by atomic mass is 10.0. The van der Waals surface area contributed by atoms with Crippen LogP contribution in [0.5, 0.6) is 5.75 Å². The molecule has 0 N–H and O–H groups in total. The predicted octanol–water partition coefficient (Wildman–Crippen LogP) is 3.99. The van der Waals surface area contributed by atoms with Crippen LogP contribution in [-0.2, 0) is 11.2 Å². The Morgan fingerprint density at radius 2 is 2.03 bits per heavy atom. The van der Waals surface area contributed by atoms with E-state index in [-0.39, 0.29) is 5.91 Å². The lowest BCUT2D eigenvalue weighted by Crippen LogP contribution is -2.39. The van der Waals surface area contributed by atoms with Crippen molar-refractivity contribution < 1.29 is 9.53 Å². The number of carbonyl (C=O) groups is 1. The summed E-state index contributed by atoms with van der Waals surface area (Å²) in [7, 11) is 1.69. The minimum Gasteiger partial charge on any atom is -0.497 e. The number of ether oxygens (including phenoxy) is 1. The highest BCUT2D eigenvalue weighted by molar-refractivity contribution is 5.76. The number of hydrogen-bond donors (Lipinski definition) is 0. The average molecular weight is 393 g/mol. The molecule has 152 valence electrons. The average Bonchev–Trinajstić information content (AvgIpc) is 3.12. The van der Waals surface area contributed by atoms with Crippen LogP contribution in [0.2, 0.25) is 0 Å². The molecule has 0 atom stereocenters. The molecule has 1 amide bonds. The Hall–Kier alpha value is -2.89. The fraction of sp³-hybridized carbons (Fsp3) is 0.435. The number of rotatable bonds is 6. The zero-order valence-electron chi connectivity index (χ0n) is 17.2. The van der Waals surface area contributed by atoms with Gasteiger partial charge >= 0.3 is 0 Å². The SMILES string of the molecule is CCCC(=O)N1CCC(n2c(Cc3cccc(OC)c3)nc3cccnc32)CC1. The normalized spacial score (nSPS) is 15.0. The third kappa shape index (κ3) is 4.11. The van der Waals surface area contributed by atoms with Gasteiger partial charge in [-0.25, -0.2) is 9.97 Å². The molecule has 1 aromatic carbocycles. The summed E-state index contributed by atoms with van der Waals surface area (Å²) in [5.41, 5.74) is 3.02. The van der Waals surface area contributed by atoms with Gasteiger partial charge in [0.15, 0.2) is 5.65 Å². The van der Waals surface area contributed by atoms with Gasteiger partial charge in [-0.2, -0.15) is 0 Å². The van der Waals surface area contributed by atoms with Crippen molar-refractivity contribution in [3.8, 4) is 5.75 Å². The molecule has 0 spiro atoms. The van der Waals surface area contributed by atoms with Gasteiger partial charge in [0.05, 0.1) is 7.11 Å². The number of likely N-dealkylation sites (tertiary alicyclic amines) is 1. The molecule has 3 aromatic rings. The second-order valence-electron chi connectivity index (χ2n) is 7.63. The first-order chi connectivity index (χ1) is 14.2. The van der Waals surface area contributed by atoms with Crippen molar-refractivity contribution in [3.05, 3.63) is 54.0 Å². The zero-order valence-corrected chi connectivity index (χ0v) is 17.2. The molecule has 6 nitrogen and oxygen atoms in total. The van der Waals surface area contributed by atoms with E-state index in [2.05, 4.69) is 28.6 Å². The number of fused-ring (bicyclic) bond motifs is 1. The predicted molar refractivity (Wildman–Crippen MR) is 113 cm³/mol. The van der Waals surface area contributed by atoms with Crippen LogP contribution < -0.4 is 4.74 Å². The van der Waals surface area contributed by atoms with Crippen LogP contribution >= 0.6 is 0 Å². The Bertz CT molecular complexity index is 989. The molecule has 1 aliphatic rings. The Morgan fingerprint density at radius 3 is 2.79 bits per heavy atom. The monoisotopic (exact) mass is 392 g/mol. The van der Waals surface area contributed by atoms with E-state index in [1.54, 1.807) is 7.11 Å². The molecule has 1 aliphatic heterocycles. The summed E-state index contributed by atoms with van der Waals surface area (Å²) >= 11 is 0. The Labute approximate surface area is 171 Å². The topological polar surface area (TPSA) is 60.2 Å². The molecule has 1 fully saturated rings. The Kier molecular flexibility index (Phi) is 5.79. The van der Waals surface area contributed by atoms with E-state index in [0.29, 0.717) is 12.5 Å². The highest BCUT2D eigenvalue weighted by Gasteiger charge is 2.27.